The molecule has 1 aromatic carbocycles. The molecule has 3 heterocycles. The van der Waals surface area contributed by atoms with E-state index in [9.17, 15) is 0 Å². The van der Waals surface area contributed by atoms with Gasteiger partial charge in [0.1, 0.15) is 11.3 Å². The molecule has 2 N–H and O–H groups in total. The van der Waals surface area contributed by atoms with Crippen LogP contribution in [0.2, 0.25) is 0 Å². The van der Waals surface area contributed by atoms with Crippen LogP contribution in [-0.2, 0) is 6.42 Å². The number of hydrogen-bond acceptors (Lipinski definition) is 4. The Morgan fingerprint density at radius 1 is 1.00 bits per heavy atom. The summed E-state index contributed by atoms with van der Waals surface area (Å²) in [5.74, 6) is 1.21. The van der Waals surface area contributed by atoms with Gasteiger partial charge in [0.05, 0.1) is 5.56 Å². The van der Waals surface area contributed by atoms with E-state index in [0.717, 1.165) is 40.4 Å². The molecule has 5 heteroatoms. The van der Waals surface area contributed by atoms with E-state index in [0.29, 0.717) is 5.82 Å². The zero-order valence-electron chi connectivity index (χ0n) is 14.3. The van der Waals surface area contributed by atoms with Crippen LogP contribution in [0.25, 0.3) is 28.2 Å². The van der Waals surface area contributed by atoms with Crippen molar-refractivity contribution in [2.75, 3.05) is 5.73 Å². The smallest absolute Gasteiger partial charge is 0.165 e. The third-order valence-corrected chi connectivity index (χ3v) is 4.33. The average Bonchev–Trinajstić information content (AvgIpc) is 3.00. The number of hydrogen-bond donors (Lipinski definition) is 1. The van der Waals surface area contributed by atoms with Crippen LogP contribution in [0.1, 0.15) is 18.2 Å². The predicted octanol–water partition coefficient (Wildman–Crippen LogP) is 3.94. The summed E-state index contributed by atoms with van der Waals surface area (Å²) in [5, 5.41) is 0. The van der Waals surface area contributed by atoms with E-state index < -0.39 is 0 Å². The Morgan fingerprint density at radius 3 is 2.52 bits per heavy atom. The van der Waals surface area contributed by atoms with Gasteiger partial charge in [-0.15, -0.1) is 0 Å². The van der Waals surface area contributed by atoms with E-state index in [4.69, 9.17) is 15.7 Å². The van der Waals surface area contributed by atoms with Crippen molar-refractivity contribution in [2.45, 2.75) is 20.3 Å². The van der Waals surface area contributed by atoms with Crippen LogP contribution in [0.15, 0.2) is 54.7 Å². The van der Waals surface area contributed by atoms with Gasteiger partial charge < -0.3 is 5.73 Å². The Bertz CT molecular complexity index is 1050. The van der Waals surface area contributed by atoms with Crippen molar-refractivity contribution >= 4 is 17.0 Å². The number of rotatable bonds is 3. The fraction of sp³-hybridized carbons (Fsp3) is 0.150. The minimum Gasteiger partial charge on any atom is -0.383 e. The maximum absolute atomic E-state index is 6.11. The number of anilines is 1. The summed E-state index contributed by atoms with van der Waals surface area (Å²) in [6.45, 7) is 4.13. The Labute approximate surface area is 146 Å². The van der Waals surface area contributed by atoms with Crippen LogP contribution in [0.4, 0.5) is 5.82 Å². The van der Waals surface area contributed by atoms with Crippen molar-refractivity contribution in [3.05, 3.63) is 66.0 Å². The minimum absolute atomic E-state index is 0.459. The molecule has 0 fully saturated rings. The summed E-state index contributed by atoms with van der Waals surface area (Å²) >= 11 is 0. The summed E-state index contributed by atoms with van der Waals surface area (Å²) in [5.41, 5.74) is 11.8. The number of aromatic nitrogens is 4. The molecular formula is C20H19N5. The molecule has 0 saturated heterocycles. The summed E-state index contributed by atoms with van der Waals surface area (Å²) in [4.78, 5) is 13.7. The number of imidazole rings is 1. The van der Waals surface area contributed by atoms with E-state index in [1.54, 1.807) is 6.20 Å². The van der Waals surface area contributed by atoms with Gasteiger partial charge in [-0.05, 0) is 55.3 Å². The molecule has 0 aliphatic carbocycles. The Kier molecular flexibility index (Phi) is 3.69. The summed E-state index contributed by atoms with van der Waals surface area (Å²) in [7, 11) is 0. The van der Waals surface area contributed by atoms with Crippen LogP contribution in [0.3, 0.4) is 0 Å². The first-order valence-corrected chi connectivity index (χ1v) is 8.33. The maximum Gasteiger partial charge on any atom is 0.165 e. The first-order chi connectivity index (χ1) is 12.2. The lowest BCUT2D eigenvalue weighted by atomic mass is 10.1. The lowest BCUT2D eigenvalue weighted by Crippen LogP contribution is -2.02. The van der Waals surface area contributed by atoms with Crippen molar-refractivity contribution in [1.29, 1.82) is 0 Å². The summed E-state index contributed by atoms with van der Waals surface area (Å²) < 4.78 is 2.05. The van der Waals surface area contributed by atoms with E-state index in [-0.39, 0.29) is 0 Å². The quantitative estimate of drug-likeness (QED) is 0.618. The number of nitrogen functional groups attached to an aromatic ring is 1. The van der Waals surface area contributed by atoms with Gasteiger partial charge in [0.2, 0.25) is 0 Å². The minimum atomic E-state index is 0.459. The fourth-order valence-electron chi connectivity index (χ4n) is 2.96. The average molecular weight is 329 g/mol. The number of pyridine rings is 2. The van der Waals surface area contributed by atoms with Gasteiger partial charge >= 0.3 is 0 Å². The number of benzene rings is 1. The van der Waals surface area contributed by atoms with Crippen LogP contribution in [-0.4, -0.2) is 19.5 Å². The molecule has 0 saturated carbocycles. The van der Waals surface area contributed by atoms with Gasteiger partial charge in [-0.3, -0.25) is 4.57 Å². The second kappa shape index (κ2) is 6.02. The van der Waals surface area contributed by atoms with E-state index >= 15 is 0 Å². The number of nitrogens with zero attached hydrogens (tertiary/aromatic N) is 4. The molecule has 0 aliphatic heterocycles. The number of aryl methyl sites for hydroxylation is 2. The van der Waals surface area contributed by atoms with Crippen molar-refractivity contribution in [1.82, 2.24) is 19.5 Å². The van der Waals surface area contributed by atoms with Gasteiger partial charge in [-0.25, -0.2) is 15.0 Å². The van der Waals surface area contributed by atoms with Gasteiger partial charge in [-0.2, -0.15) is 0 Å². The normalized spacial score (nSPS) is 11.1. The summed E-state index contributed by atoms with van der Waals surface area (Å²) in [6, 6.07) is 16.2. The van der Waals surface area contributed by atoms with E-state index in [1.165, 1.54) is 5.56 Å². The first-order valence-electron chi connectivity index (χ1n) is 8.33. The van der Waals surface area contributed by atoms with Crippen molar-refractivity contribution in [2.24, 2.45) is 0 Å². The Balaban J connectivity index is 2.03. The second-order valence-electron chi connectivity index (χ2n) is 6.02. The molecule has 0 amide bonds. The lowest BCUT2D eigenvalue weighted by molar-refractivity contribution is 1.05. The van der Waals surface area contributed by atoms with Gasteiger partial charge in [0.25, 0.3) is 0 Å². The molecule has 124 valence electrons. The Morgan fingerprint density at radius 2 is 1.80 bits per heavy atom. The largest absolute Gasteiger partial charge is 0.383 e. The van der Waals surface area contributed by atoms with Gasteiger partial charge in [0.15, 0.2) is 11.5 Å². The van der Waals surface area contributed by atoms with Crippen LogP contribution in [0.5, 0.6) is 0 Å². The molecule has 4 rings (SSSR count). The molecule has 5 nitrogen and oxygen atoms in total. The van der Waals surface area contributed by atoms with Crippen LogP contribution < -0.4 is 5.73 Å². The topological polar surface area (TPSA) is 69.6 Å². The number of fused-ring (bicyclic) bond motifs is 1. The highest BCUT2D eigenvalue weighted by atomic mass is 15.1. The number of nitrogens with two attached hydrogens (primary N) is 1. The molecule has 0 atom stereocenters. The summed E-state index contributed by atoms with van der Waals surface area (Å²) in [6.07, 6.45) is 2.69. The third-order valence-electron chi connectivity index (χ3n) is 4.33. The van der Waals surface area contributed by atoms with Gasteiger partial charge in [0, 0.05) is 17.6 Å². The second-order valence-corrected chi connectivity index (χ2v) is 6.02. The van der Waals surface area contributed by atoms with Crippen LogP contribution >= 0.6 is 0 Å². The molecule has 0 bridgehead atoms. The zero-order chi connectivity index (χ0) is 17.4. The van der Waals surface area contributed by atoms with Crippen LogP contribution in [0, 0.1) is 6.92 Å². The standard InChI is InChI=1S/C20H19N5/c1-3-14-7-9-15(10-8-14)25-19(16-5-4-12-22-18(16)21)24-17-11-6-13(2)23-20(17)25/h4-12H,3H2,1-2H3,(H2,21,22). The molecule has 0 spiro atoms. The monoisotopic (exact) mass is 329 g/mol. The first kappa shape index (κ1) is 15.3. The van der Waals surface area contributed by atoms with Crippen molar-refractivity contribution in [3.63, 3.8) is 0 Å². The van der Waals surface area contributed by atoms with Gasteiger partial charge in [-0.1, -0.05) is 19.1 Å². The molecule has 3 aromatic heterocycles. The van der Waals surface area contributed by atoms with Crippen molar-refractivity contribution in [3.8, 4) is 17.1 Å². The molecule has 0 radical (unpaired) electrons. The maximum atomic E-state index is 6.11. The SMILES string of the molecule is CCc1ccc(-n2c(-c3cccnc3N)nc3ccc(C)nc32)cc1. The predicted molar refractivity (Wildman–Crippen MR) is 101 cm³/mol. The zero-order valence-corrected chi connectivity index (χ0v) is 14.3. The molecular weight excluding hydrogens is 310 g/mol. The molecule has 0 unspecified atom stereocenters. The molecule has 4 aromatic rings. The molecule has 25 heavy (non-hydrogen) atoms. The third kappa shape index (κ3) is 2.63. The highest BCUT2D eigenvalue weighted by Gasteiger charge is 2.17. The van der Waals surface area contributed by atoms with E-state index in [1.807, 2.05) is 31.2 Å². The van der Waals surface area contributed by atoms with E-state index in [2.05, 4.69) is 40.7 Å². The Hall–Kier alpha value is -3.21. The van der Waals surface area contributed by atoms with Crippen molar-refractivity contribution < 1.29 is 0 Å². The highest BCUT2D eigenvalue weighted by molar-refractivity contribution is 5.82. The highest BCUT2D eigenvalue weighted by Crippen LogP contribution is 2.30. The fourth-order valence-corrected chi connectivity index (χ4v) is 2.96. The lowest BCUT2D eigenvalue weighted by Gasteiger charge is -2.11. The molecule has 0 aliphatic rings.